The third kappa shape index (κ3) is 53.7. The van der Waals surface area contributed by atoms with Gasteiger partial charge in [-0.2, -0.15) is 0 Å². The Bertz CT molecular complexity index is 1670. The van der Waals surface area contributed by atoms with Crippen LogP contribution in [-0.4, -0.2) is 37.2 Å². The number of esters is 3. The van der Waals surface area contributed by atoms with E-state index in [0.717, 1.165) is 122 Å². The van der Waals surface area contributed by atoms with E-state index in [2.05, 4.69) is 167 Å². The molecule has 1 atom stereocenters. The molecular weight excluding hydrogens is 865 g/mol. The van der Waals surface area contributed by atoms with Gasteiger partial charge in [0.25, 0.3) is 0 Å². The third-order valence-electron chi connectivity index (χ3n) is 10.5. The first-order chi connectivity index (χ1) is 34.5. The Labute approximate surface area is 428 Å². The quantitative estimate of drug-likeness (QED) is 0.0262. The number of ether oxygens (including phenoxy) is 3. The molecule has 0 aromatic carbocycles. The monoisotopic (exact) mass is 961 g/mol. The van der Waals surface area contributed by atoms with Crippen LogP contribution in [0.5, 0.6) is 0 Å². The summed E-state index contributed by atoms with van der Waals surface area (Å²) >= 11 is 0. The van der Waals surface area contributed by atoms with Gasteiger partial charge in [-0.05, 0) is 122 Å². The van der Waals surface area contributed by atoms with Crippen LogP contribution in [0.1, 0.15) is 194 Å². The number of hydrogen-bond donors (Lipinski definition) is 0. The molecule has 0 heterocycles. The molecule has 6 nitrogen and oxygen atoms in total. The van der Waals surface area contributed by atoms with Gasteiger partial charge in [0.05, 0.1) is 0 Å². The van der Waals surface area contributed by atoms with E-state index in [0.29, 0.717) is 19.3 Å². The molecule has 0 radical (unpaired) electrons. The highest BCUT2D eigenvalue weighted by Crippen LogP contribution is 2.11. The van der Waals surface area contributed by atoms with E-state index >= 15 is 0 Å². The van der Waals surface area contributed by atoms with Crippen LogP contribution in [0.3, 0.4) is 0 Å². The molecule has 0 aliphatic rings. The summed E-state index contributed by atoms with van der Waals surface area (Å²) in [5.41, 5.74) is 0. The van der Waals surface area contributed by atoms with E-state index in [1.54, 1.807) is 0 Å². The first-order valence-corrected chi connectivity index (χ1v) is 27.1. The summed E-state index contributed by atoms with van der Waals surface area (Å²) in [5, 5.41) is 0. The Morgan fingerprint density at radius 3 is 0.957 bits per heavy atom. The number of carbonyl (C=O) groups excluding carboxylic acids is 3. The van der Waals surface area contributed by atoms with Crippen molar-refractivity contribution in [2.75, 3.05) is 13.2 Å². The fraction of sp³-hybridized carbons (Fsp3) is 0.516. The Hall–Kier alpha value is -5.23. The first-order valence-electron chi connectivity index (χ1n) is 27.1. The number of hydrogen-bond acceptors (Lipinski definition) is 6. The normalized spacial score (nSPS) is 13.5. The highest BCUT2D eigenvalue weighted by molar-refractivity contribution is 5.71. The van der Waals surface area contributed by atoms with Gasteiger partial charge < -0.3 is 14.2 Å². The lowest BCUT2D eigenvalue weighted by atomic mass is 10.1. The summed E-state index contributed by atoms with van der Waals surface area (Å²) in [6.45, 7) is 6.20. The van der Waals surface area contributed by atoms with Crippen LogP contribution in [0.4, 0.5) is 0 Å². The fourth-order valence-corrected chi connectivity index (χ4v) is 6.45. The van der Waals surface area contributed by atoms with Gasteiger partial charge in [-0.25, -0.2) is 0 Å². The molecule has 0 saturated carbocycles. The smallest absolute Gasteiger partial charge is 0.306 e. The standard InChI is InChI=1S/C64H96O6/c1-4-7-10-13-16-19-22-25-28-30-32-34-36-39-42-45-48-51-54-57-63(66)69-60-61(59-68-62(65)56-53-50-47-44-41-38-27-24-21-18-15-12-9-6-3)70-64(67)58-55-52-49-46-43-40-37-35-33-31-29-26-23-20-17-14-11-8-5-2/h7-8,10-11,15-20,24-29,32-35,39-40,42-43,48-49,51-52,61H,4-6,9,12-14,21-23,30-31,36-38,41,44-47,50,53-60H2,1-3H3/b10-7+,11-8+,18-15+,19-16+,20-17+,27-24+,28-25+,29-26+,34-32+,35-33+,42-39+,43-40+,51-48+,52-49+/t61-/m1/s1. The van der Waals surface area contributed by atoms with Crippen molar-refractivity contribution in [1.82, 2.24) is 0 Å². The van der Waals surface area contributed by atoms with E-state index < -0.39 is 12.1 Å². The van der Waals surface area contributed by atoms with Crippen molar-refractivity contribution >= 4 is 17.9 Å². The minimum atomic E-state index is -0.864. The average Bonchev–Trinajstić information content (AvgIpc) is 3.36. The van der Waals surface area contributed by atoms with Crippen LogP contribution in [-0.2, 0) is 28.6 Å². The zero-order valence-corrected chi connectivity index (χ0v) is 44.2. The van der Waals surface area contributed by atoms with Crippen LogP contribution in [0.25, 0.3) is 0 Å². The molecule has 0 spiro atoms. The maximum atomic E-state index is 12.8. The Balaban J connectivity index is 4.68. The number of rotatable bonds is 46. The molecule has 0 aromatic heterocycles. The summed E-state index contributed by atoms with van der Waals surface area (Å²) in [5.74, 6) is -1.15. The van der Waals surface area contributed by atoms with Crippen molar-refractivity contribution in [3.8, 4) is 0 Å². The Kier molecular flexibility index (Phi) is 52.1. The fourth-order valence-electron chi connectivity index (χ4n) is 6.45. The minimum absolute atomic E-state index is 0.148. The van der Waals surface area contributed by atoms with Gasteiger partial charge in [0, 0.05) is 19.3 Å². The van der Waals surface area contributed by atoms with E-state index in [1.807, 2.05) is 24.3 Å². The van der Waals surface area contributed by atoms with E-state index in [1.165, 1.54) is 19.3 Å². The summed E-state index contributed by atoms with van der Waals surface area (Å²) < 4.78 is 16.7. The summed E-state index contributed by atoms with van der Waals surface area (Å²) in [4.78, 5) is 38.0. The highest BCUT2D eigenvalue weighted by atomic mass is 16.6. The van der Waals surface area contributed by atoms with Gasteiger partial charge in [-0.3, -0.25) is 14.4 Å². The second-order valence-electron chi connectivity index (χ2n) is 17.0. The molecule has 0 saturated heterocycles. The predicted molar refractivity (Wildman–Crippen MR) is 301 cm³/mol. The molecule has 388 valence electrons. The van der Waals surface area contributed by atoms with Crippen LogP contribution in [0.15, 0.2) is 170 Å². The van der Waals surface area contributed by atoms with E-state index in [9.17, 15) is 14.4 Å². The largest absolute Gasteiger partial charge is 0.462 e. The van der Waals surface area contributed by atoms with Crippen LogP contribution in [0.2, 0.25) is 0 Å². The van der Waals surface area contributed by atoms with Crippen LogP contribution < -0.4 is 0 Å². The van der Waals surface area contributed by atoms with Gasteiger partial charge in [-0.15, -0.1) is 0 Å². The molecule has 0 unspecified atom stereocenters. The number of carbonyl (C=O) groups is 3. The summed E-state index contributed by atoms with van der Waals surface area (Å²) in [6, 6.07) is 0. The summed E-state index contributed by atoms with van der Waals surface area (Å²) in [7, 11) is 0. The van der Waals surface area contributed by atoms with Crippen molar-refractivity contribution in [2.45, 2.75) is 200 Å². The molecule has 0 aromatic rings. The van der Waals surface area contributed by atoms with Crippen molar-refractivity contribution in [3.05, 3.63) is 170 Å². The van der Waals surface area contributed by atoms with Gasteiger partial charge >= 0.3 is 17.9 Å². The zero-order chi connectivity index (χ0) is 50.7. The first kappa shape index (κ1) is 64.8. The van der Waals surface area contributed by atoms with Crippen molar-refractivity contribution < 1.29 is 28.6 Å². The topological polar surface area (TPSA) is 78.9 Å². The Morgan fingerprint density at radius 1 is 0.300 bits per heavy atom. The average molecular weight is 961 g/mol. The third-order valence-corrected chi connectivity index (χ3v) is 10.5. The SMILES string of the molecule is CC/C=C/C/C=C/C/C=C/C/C=C/C/C=C/C/C=C/CCC(=O)OC[C@@H](COC(=O)CCCCCCC/C=C/C/C=C/CCCC)OC(=O)CC/C=C/C/C=C/C/C=C/C/C=C/C/C=C/C/C=C/CC. The maximum absolute atomic E-state index is 12.8. The van der Waals surface area contributed by atoms with Crippen LogP contribution in [0, 0.1) is 0 Å². The Morgan fingerprint density at radius 2 is 0.586 bits per heavy atom. The predicted octanol–water partition coefficient (Wildman–Crippen LogP) is 18.4. The molecule has 0 aliphatic heterocycles. The molecule has 0 rings (SSSR count). The molecular formula is C64H96O6. The molecule has 6 heteroatoms. The molecule has 0 fully saturated rings. The number of unbranched alkanes of at least 4 members (excludes halogenated alkanes) is 7. The molecule has 0 amide bonds. The second-order valence-corrected chi connectivity index (χ2v) is 17.0. The number of allylic oxidation sites excluding steroid dienone is 28. The molecule has 70 heavy (non-hydrogen) atoms. The van der Waals surface area contributed by atoms with Crippen LogP contribution >= 0.6 is 0 Å². The second kappa shape index (κ2) is 56.4. The molecule has 0 N–H and O–H groups in total. The summed E-state index contributed by atoms with van der Waals surface area (Å²) in [6.07, 6.45) is 83.6. The highest BCUT2D eigenvalue weighted by Gasteiger charge is 2.19. The van der Waals surface area contributed by atoms with Crippen molar-refractivity contribution in [3.63, 3.8) is 0 Å². The lowest BCUT2D eigenvalue weighted by Gasteiger charge is -2.18. The molecule has 0 aliphatic carbocycles. The zero-order valence-electron chi connectivity index (χ0n) is 44.2. The van der Waals surface area contributed by atoms with Gasteiger partial charge in [0.15, 0.2) is 6.10 Å². The molecule has 0 bridgehead atoms. The maximum Gasteiger partial charge on any atom is 0.306 e. The minimum Gasteiger partial charge on any atom is -0.462 e. The van der Waals surface area contributed by atoms with Gasteiger partial charge in [0.2, 0.25) is 0 Å². The van der Waals surface area contributed by atoms with Crippen molar-refractivity contribution in [1.29, 1.82) is 0 Å². The van der Waals surface area contributed by atoms with Gasteiger partial charge in [-0.1, -0.05) is 223 Å². The lowest BCUT2D eigenvalue weighted by molar-refractivity contribution is -0.166. The lowest BCUT2D eigenvalue weighted by Crippen LogP contribution is -2.30. The van der Waals surface area contributed by atoms with E-state index in [4.69, 9.17) is 14.2 Å². The van der Waals surface area contributed by atoms with Crippen molar-refractivity contribution in [2.24, 2.45) is 0 Å². The van der Waals surface area contributed by atoms with Gasteiger partial charge in [0.1, 0.15) is 13.2 Å². The van der Waals surface area contributed by atoms with E-state index in [-0.39, 0.29) is 38.0 Å².